The molecule has 16 heavy (non-hydrogen) atoms. The number of likely N-dealkylation sites (N-methyl/N-ethyl adjacent to an activating group) is 1. The summed E-state index contributed by atoms with van der Waals surface area (Å²) >= 11 is 0. The summed E-state index contributed by atoms with van der Waals surface area (Å²) in [6, 6.07) is 6.20. The second kappa shape index (κ2) is 4.79. The first-order valence-corrected chi connectivity index (χ1v) is 6.06. The first kappa shape index (κ1) is 11.3. The van der Waals surface area contributed by atoms with Gasteiger partial charge in [-0.15, -0.1) is 0 Å². The van der Waals surface area contributed by atoms with Gasteiger partial charge in [-0.05, 0) is 51.9 Å². The van der Waals surface area contributed by atoms with Gasteiger partial charge in [-0.1, -0.05) is 18.2 Å². The van der Waals surface area contributed by atoms with Gasteiger partial charge in [0.1, 0.15) is 0 Å². The van der Waals surface area contributed by atoms with E-state index in [0.717, 1.165) is 6.54 Å². The standard InChI is InChI=1S/C14H20N2/c1-3-9-14(10-5-7-12-16(14)2)13-8-4-6-11-15-13/h3-4,6,8-9,11H,5,7,10,12H2,1-2H3. The molecule has 2 heteroatoms. The number of rotatable bonds is 2. The molecule has 0 N–H and O–H groups in total. The Hall–Kier alpha value is -1.15. The largest absolute Gasteiger partial charge is 0.292 e. The third-order valence-corrected chi connectivity index (χ3v) is 3.53. The highest BCUT2D eigenvalue weighted by molar-refractivity contribution is 5.24. The molecule has 1 aliphatic heterocycles. The van der Waals surface area contributed by atoms with Crippen molar-refractivity contribution >= 4 is 0 Å². The molecule has 1 aromatic rings. The van der Waals surface area contributed by atoms with E-state index in [2.05, 4.69) is 48.1 Å². The van der Waals surface area contributed by atoms with Crippen LogP contribution in [0.1, 0.15) is 31.9 Å². The van der Waals surface area contributed by atoms with Crippen LogP contribution < -0.4 is 0 Å². The lowest BCUT2D eigenvalue weighted by molar-refractivity contribution is 0.112. The number of hydrogen-bond donors (Lipinski definition) is 0. The average Bonchev–Trinajstić information content (AvgIpc) is 2.34. The van der Waals surface area contributed by atoms with Crippen LogP contribution in [-0.2, 0) is 5.54 Å². The lowest BCUT2D eigenvalue weighted by atomic mass is 9.83. The van der Waals surface area contributed by atoms with Crippen molar-refractivity contribution in [1.82, 2.24) is 9.88 Å². The summed E-state index contributed by atoms with van der Waals surface area (Å²) < 4.78 is 0. The Bertz CT molecular complexity index is 358. The van der Waals surface area contributed by atoms with Crippen LogP contribution in [0.4, 0.5) is 0 Å². The van der Waals surface area contributed by atoms with Gasteiger partial charge in [-0.3, -0.25) is 9.88 Å². The van der Waals surface area contributed by atoms with Crippen LogP contribution in [0.15, 0.2) is 36.5 Å². The van der Waals surface area contributed by atoms with E-state index in [1.54, 1.807) is 0 Å². The highest BCUT2D eigenvalue weighted by Crippen LogP contribution is 2.36. The molecule has 1 aliphatic rings. The highest BCUT2D eigenvalue weighted by Gasteiger charge is 2.36. The molecule has 0 spiro atoms. The van der Waals surface area contributed by atoms with Crippen molar-refractivity contribution in [3.05, 3.63) is 42.2 Å². The predicted octanol–water partition coefficient (Wildman–Crippen LogP) is 2.97. The number of hydrogen-bond acceptors (Lipinski definition) is 2. The van der Waals surface area contributed by atoms with Crippen molar-refractivity contribution in [2.75, 3.05) is 13.6 Å². The van der Waals surface area contributed by atoms with Crippen molar-refractivity contribution in [3.8, 4) is 0 Å². The molecule has 1 unspecified atom stereocenters. The van der Waals surface area contributed by atoms with Gasteiger partial charge in [-0.2, -0.15) is 0 Å². The van der Waals surface area contributed by atoms with Gasteiger partial charge in [0.2, 0.25) is 0 Å². The molecular weight excluding hydrogens is 196 g/mol. The maximum Gasteiger partial charge on any atom is 0.0816 e. The quantitative estimate of drug-likeness (QED) is 0.707. The van der Waals surface area contributed by atoms with E-state index in [9.17, 15) is 0 Å². The Kier molecular flexibility index (Phi) is 3.39. The zero-order chi connectivity index (χ0) is 11.4. The first-order valence-electron chi connectivity index (χ1n) is 6.06. The van der Waals surface area contributed by atoms with Gasteiger partial charge >= 0.3 is 0 Å². The lowest BCUT2D eigenvalue weighted by Crippen LogP contribution is -2.46. The zero-order valence-electron chi connectivity index (χ0n) is 10.2. The maximum absolute atomic E-state index is 4.55. The lowest BCUT2D eigenvalue weighted by Gasteiger charge is -2.43. The van der Waals surface area contributed by atoms with E-state index in [0.29, 0.717) is 0 Å². The maximum atomic E-state index is 4.55. The fourth-order valence-electron chi connectivity index (χ4n) is 2.65. The molecule has 2 nitrogen and oxygen atoms in total. The number of pyridine rings is 1. The summed E-state index contributed by atoms with van der Waals surface area (Å²) in [4.78, 5) is 6.98. The van der Waals surface area contributed by atoms with Crippen LogP contribution in [0, 0.1) is 0 Å². The topological polar surface area (TPSA) is 16.1 Å². The van der Waals surface area contributed by atoms with Crippen LogP contribution >= 0.6 is 0 Å². The van der Waals surface area contributed by atoms with Crippen LogP contribution in [0.5, 0.6) is 0 Å². The summed E-state index contributed by atoms with van der Waals surface area (Å²) in [5.74, 6) is 0. The van der Waals surface area contributed by atoms with E-state index in [1.807, 2.05) is 12.3 Å². The molecule has 1 saturated heterocycles. The van der Waals surface area contributed by atoms with E-state index in [-0.39, 0.29) is 5.54 Å². The second-order valence-electron chi connectivity index (χ2n) is 4.52. The van der Waals surface area contributed by atoms with E-state index in [4.69, 9.17) is 0 Å². The van der Waals surface area contributed by atoms with Crippen LogP contribution in [0.2, 0.25) is 0 Å². The summed E-state index contributed by atoms with van der Waals surface area (Å²) in [6.45, 7) is 3.24. The monoisotopic (exact) mass is 216 g/mol. The molecule has 0 amide bonds. The summed E-state index contributed by atoms with van der Waals surface area (Å²) in [7, 11) is 2.20. The van der Waals surface area contributed by atoms with Crippen molar-refractivity contribution in [3.63, 3.8) is 0 Å². The van der Waals surface area contributed by atoms with Crippen molar-refractivity contribution in [2.24, 2.45) is 0 Å². The Labute approximate surface area is 98.0 Å². The molecule has 0 radical (unpaired) electrons. The minimum absolute atomic E-state index is 0.0221. The van der Waals surface area contributed by atoms with Crippen LogP contribution in [0.25, 0.3) is 0 Å². The molecule has 0 bridgehead atoms. The normalized spacial score (nSPS) is 27.4. The van der Waals surface area contributed by atoms with Gasteiger partial charge in [0.05, 0.1) is 11.2 Å². The smallest absolute Gasteiger partial charge is 0.0816 e. The first-order chi connectivity index (χ1) is 7.79. The summed E-state index contributed by atoms with van der Waals surface area (Å²) in [5, 5.41) is 0. The molecule has 86 valence electrons. The molecule has 0 aliphatic carbocycles. The molecule has 1 aromatic heterocycles. The predicted molar refractivity (Wildman–Crippen MR) is 67.2 cm³/mol. The van der Waals surface area contributed by atoms with Crippen molar-refractivity contribution in [1.29, 1.82) is 0 Å². The third-order valence-electron chi connectivity index (χ3n) is 3.53. The van der Waals surface area contributed by atoms with Crippen molar-refractivity contribution < 1.29 is 0 Å². The Morgan fingerprint density at radius 2 is 2.25 bits per heavy atom. The van der Waals surface area contributed by atoms with Crippen LogP contribution in [-0.4, -0.2) is 23.5 Å². The van der Waals surface area contributed by atoms with Gasteiger partial charge in [0.15, 0.2) is 0 Å². The number of aromatic nitrogens is 1. The van der Waals surface area contributed by atoms with Gasteiger partial charge in [-0.25, -0.2) is 0 Å². The van der Waals surface area contributed by atoms with Gasteiger partial charge in [0, 0.05) is 6.20 Å². The molecule has 2 rings (SSSR count). The summed E-state index contributed by atoms with van der Waals surface area (Å²) in [6.07, 6.45) is 10.1. The average molecular weight is 216 g/mol. The number of allylic oxidation sites excluding steroid dienone is 1. The SMILES string of the molecule is CC=CC1(c2ccccn2)CCCCN1C. The highest BCUT2D eigenvalue weighted by atomic mass is 15.2. The number of nitrogens with zero attached hydrogens (tertiary/aromatic N) is 2. The number of piperidine rings is 1. The fraction of sp³-hybridized carbons (Fsp3) is 0.500. The third kappa shape index (κ3) is 1.90. The molecular formula is C14H20N2. The molecule has 0 aromatic carbocycles. The minimum atomic E-state index is 0.0221. The van der Waals surface area contributed by atoms with Crippen LogP contribution in [0.3, 0.4) is 0 Å². The molecule has 0 saturated carbocycles. The Balaban J connectivity index is 2.42. The number of likely N-dealkylation sites (tertiary alicyclic amines) is 1. The zero-order valence-corrected chi connectivity index (χ0v) is 10.2. The summed E-state index contributed by atoms with van der Waals surface area (Å²) in [5.41, 5.74) is 1.20. The molecule has 1 atom stereocenters. The van der Waals surface area contributed by atoms with Crippen molar-refractivity contribution in [2.45, 2.75) is 31.7 Å². The fourth-order valence-corrected chi connectivity index (χ4v) is 2.65. The Morgan fingerprint density at radius 1 is 1.38 bits per heavy atom. The van der Waals surface area contributed by atoms with Gasteiger partial charge < -0.3 is 0 Å². The van der Waals surface area contributed by atoms with E-state index in [1.165, 1.54) is 25.0 Å². The molecule has 1 fully saturated rings. The van der Waals surface area contributed by atoms with E-state index >= 15 is 0 Å². The van der Waals surface area contributed by atoms with Gasteiger partial charge in [0.25, 0.3) is 0 Å². The Morgan fingerprint density at radius 3 is 2.88 bits per heavy atom. The van der Waals surface area contributed by atoms with E-state index < -0.39 is 0 Å². The minimum Gasteiger partial charge on any atom is -0.292 e. The molecule has 2 heterocycles. The second-order valence-corrected chi connectivity index (χ2v) is 4.52.